The summed E-state index contributed by atoms with van der Waals surface area (Å²) in [6.45, 7) is 4.52. The zero-order chi connectivity index (χ0) is 16.3. The van der Waals surface area contributed by atoms with Crippen molar-refractivity contribution in [3.8, 4) is 0 Å². The number of hydrogen-bond donors (Lipinski definition) is 0. The summed E-state index contributed by atoms with van der Waals surface area (Å²) in [6.07, 6.45) is 4.68. The Morgan fingerprint density at radius 1 is 1.27 bits per heavy atom. The quantitative estimate of drug-likeness (QED) is 0.759. The highest BCUT2D eigenvalue weighted by Crippen LogP contribution is 2.14. The van der Waals surface area contributed by atoms with Gasteiger partial charge in [0, 0.05) is 13.1 Å². The predicted molar refractivity (Wildman–Crippen MR) is 81.6 cm³/mol. The van der Waals surface area contributed by atoms with Gasteiger partial charge in [-0.25, -0.2) is 8.96 Å². The summed E-state index contributed by atoms with van der Waals surface area (Å²) in [7, 11) is -1.89. The van der Waals surface area contributed by atoms with Crippen molar-refractivity contribution in [3.63, 3.8) is 0 Å². The van der Waals surface area contributed by atoms with E-state index in [1.165, 1.54) is 32.9 Å². The maximum Gasteiger partial charge on any atom is 0.380 e. The lowest BCUT2D eigenvalue weighted by Crippen LogP contribution is -2.38. The van der Waals surface area contributed by atoms with Gasteiger partial charge < -0.3 is 0 Å². The van der Waals surface area contributed by atoms with Crippen LogP contribution < -0.4 is 4.57 Å². The maximum absolute atomic E-state index is 13.0. The third kappa shape index (κ3) is 3.92. The molecule has 1 heterocycles. The second kappa shape index (κ2) is 6.58. The molecule has 0 fully saturated rings. The van der Waals surface area contributed by atoms with E-state index in [9.17, 15) is 12.8 Å². The van der Waals surface area contributed by atoms with E-state index >= 15 is 0 Å². The molecule has 0 amide bonds. The van der Waals surface area contributed by atoms with Gasteiger partial charge in [0.1, 0.15) is 18.2 Å². The van der Waals surface area contributed by atoms with E-state index in [-0.39, 0.29) is 18.3 Å². The smallest absolute Gasteiger partial charge is 0.238 e. The van der Waals surface area contributed by atoms with Gasteiger partial charge in [-0.2, -0.15) is 12.7 Å². The molecule has 0 saturated heterocycles. The molecule has 0 unspecified atom stereocenters. The van der Waals surface area contributed by atoms with Crippen LogP contribution in [-0.2, 0) is 23.8 Å². The van der Waals surface area contributed by atoms with Crippen LogP contribution in [0.3, 0.4) is 0 Å². The Kier molecular flexibility index (Phi) is 4.97. The van der Waals surface area contributed by atoms with Gasteiger partial charge in [-0.1, -0.05) is 26.0 Å². The van der Waals surface area contributed by atoms with Crippen molar-refractivity contribution in [3.05, 3.63) is 54.4 Å². The van der Waals surface area contributed by atoms with Crippen molar-refractivity contribution in [2.45, 2.75) is 20.4 Å². The molecule has 0 saturated carbocycles. The van der Waals surface area contributed by atoms with Gasteiger partial charge >= 0.3 is 10.2 Å². The molecule has 0 N–H and O–H groups in total. The van der Waals surface area contributed by atoms with Gasteiger partial charge in [0.15, 0.2) is 0 Å². The zero-order valence-corrected chi connectivity index (χ0v) is 13.8. The highest BCUT2D eigenvalue weighted by molar-refractivity contribution is 7.87. The molecule has 22 heavy (non-hydrogen) atoms. The van der Waals surface area contributed by atoms with Crippen LogP contribution in [0, 0.1) is 11.7 Å². The Hall–Kier alpha value is -1.73. The molecular weight excluding hydrogens is 305 g/mol. The molecule has 0 atom stereocenters. The minimum absolute atomic E-state index is 0.180. The first-order valence-electron chi connectivity index (χ1n) is 7.07. The lowest BCUT2D eigenvalue weighted by atomic mass is 10.2. The summed E-state index contributed by atoms with van der Waals surface area (Å²) in [6, 6.07) is 5.89. The molecule has 0 aliphatic rings. The van der Waals surface area contributed by atoms with E-state index in [0.29, 0.717) is 6.54 Å². The van der Waals surface area contributed by atoms with Crippen molar-refractivity contribution in [1.82, 2.24) is 8.28 Å². The number of aryl methyl sites for hydroxylation is 1. The average Bonchev–Trinajstić information content (AvgIpc) is 2.87. The van der Waals surface area contributed by atoms with Crippen LogP contribution >= 0.6 is 0 Å². The van der Waals surface area contributed by atoms with Crippen LogP contribution in [0.5, 0.6) is 0 Å². The van der Waals surface area contributed by atoms with Crippen molar-refractivity contribution >= 4 is 10.2 Å². The topological polar surface area (TPSA) is 46.2 Å². The first-order valence-corrected chi connectivity index (χ1v) is 8.47. The van der Waals surface area contributed by atoms with E-state index in [1.54, 1.807) is 29.9 Å². The normalized spacial score (nSPS) is 12.3. The third-order valence-electron chi connectivity index (χ3n) is 3.18. The minimum atomic E-state index is -3.65. The van der Waals surface area contributed by atoms with Gasteiger partial charge in [-0.05, 0) is 23.6 Å². The number of hydrogen-bond acceptors (Lipinski definition) is 2. The third-order valence-corrected chi connectivity index (χ3v) is 4.86. The summed E-state index contributed by atoms with van der Waals surface area (Å²) in [4.78, 5) is 0. The fourth-order valence-electron chi connectivity index (χ4n) is 2.14. The van der Waals surface area contributed by atoms with Crippen LogP contribution in [-0.4, -0.2) is 23.2 Å². The average molecular weight is 326 g/mol. The molecule has 0 radical (unpaired) electrons. The lowest BCUT2D eigenvalue weighted by Gasteiger charge is -2.21. The Bertz CT molecular complexity index is 724. The molecule has 7 heteroatoms. The van der Waals surface area contributed by atoms with Gasteiger partial charge in [-0.15, -0.1) is 3.97 Å². The van der Waals surface area contributed by atoms with Crippen LogP contribution in [0.2, 0.25) is 0 Å². The number of benzene rings is 1. The van der Waals surface area contributed by atoms with E-state index in [1.807, 2.05) is 13.8 Å². The first-order chi connectivity index (χ1) is 10.3. The first kappa shape index (κ1) is 16.6. The Morgan fingerprint density at radius 3 is 2.41 bits per heavy atom. The monoisotopic (exact) mass is 326 g/mol. The summed E-state index contributed by atoms with van der Waals surface area (Å²) in [5.41, 5.74) is 0.752. The lowest BCUT2D eigenvalue weighted by molar-refractivity contribution is -0.670. The summed E-state index contributed by atoms with van der Waals surface area (Å²) in [5.74, 6) is -0.154. The molecule has 120 valence electrons. The second-order valence-electron chi connectivity index (χ2n) is 5.73. The van der Waals surface area contributed by atoms with E-state index in [2.05, 4.69) is 0 Å². The molecule has 0 aliphatic heterocycles. The second-order valence-corrected chi connectivity index (χ2v) is 7.56. The van der Waals surface area contributed by atoms with Gasteiger partial charge in [0.25, 0.3) is 6.33 Å². The Labute approximate surface area is 130 Å². The molecular formula is C15H21FN3O2S+. The molecule has 0 bridgehead atoms. The van der Waals surface area contributed by atoms with Crippen LogP contribution in [0.4, 0.5) is 4.39 Å². The number of aromatic nitrogens is 2. The molecule has 2 aromatic rings. The van der Waals surface area contributed by atoms with Crippen LogP contribution in [0.1, 0.15) is 19.4 Å². The molecule has 5 nitrogen and oxygen atoms in total. The fourth-order valence-corrected chi connectivity index (χ4v) is 3.68. The van der Waals surface area contributed by atoms with Gasteiger partial charge in [0.2, 0.25) is 0 Å². The van der Waals surface area contributed by atoms with Crippen molar-refractivity contribution in [1.29, 1.82) is 0 Å². The molecule has 2 rings (SSSR count). The van der Waals surface area contributed by atoms with Crippen LogP contribution in [0.25, 0.3) is 0 Å². The standard InChI is InChI=1S/C15H21FN3O2S/c1-13(2)10-19(11-14-4-6-15(16)7-5-14)22(20,21)18-9-8-17(3)12-18/h4-9,12-13H,10-11H2,1-3H3/q+1. The highest BCUT2D eigenvalue weighted by atomic mass is 32.2. The Balaban J connectivity index is 2.31. The summed E-state index contributed by atoms with van der Waals surface area (Å²) < 4.78 is 42.8. The SMILES string of the molecule is CC(C)CN(Cc1ccc(F)cc1)S(=O)(=O)n1cc[n+](C)c1. The van der Waals surface area contributed by atoms with Crippen molar-refractivity contribution in [2.75, 3.05) is 6.54 Å². The van der Waals surface area contributed by atoms with Gasteiger partial charge in [0.05, 0.1) is 7.05 Å². The largest absolute Gasteiger partial charge is 0.380 e. The number of imidazole rings is 1. The maximum atomic E-state index is 13.0. The Morgan fingerprint density at radius 2 is 1.91 bits per heavy atom. The molecule has 1 aromatic heterocycles. The number of rotatable bonds is 6. The molecule has 0 spiro atoms. The zero-order valence-electron chi connectivity index (χ0n) is 13.0. The number of halogens is 1. The predicted octanol–water partition coefficient (Wildman–Crippen LogP) is 1.70. The molecule has 0 aliphatic carbocycles. The van der Waals surface area contributed by atoms with Gasteiger partial charge in [-0.3, -0.25) is 0 Å². The van der Waals surface area contributed by atoms with E-state index < -0.39 is 10.2 Å². The van der Waals surface area contributed by atoms with Crippen molar-refractivity contribution in [2.24, 2.45) is 13.0 Å². The summed E-state index contributed by atoms with van der Waals surface area (Å²) in [5, 5.41) is 0. The van der Waals surface area contributed by atoms with E-state index in [0.717, 1.165) is 5.56 Å². The van der Waals surface area contributed by atoms with Crippen LogP contribution in [0.15, 0.2) is 43.0 Å². The van der Waals surface area contributed by atoms with Crippen molar-refractivity contribution < 1.29 is 17.4 Å². The fraction of sp³-hybridized carbons (Fsp3) is 0.400. The minimum Gasteiger partial charge on any atom is -0.238 e. The molecule has 1 aromatic carbocycles. The van der Waals surface area contributed by atoms with E-state index in [4.69, 9.17) is 0 Å². The highest BCUT2D eigenvalue weighted by Gasteiger charge is 2.29. The summed E-state index contributed by atoms with van der Waals surface area (Å²) >= 11 is 0. The number of nitrogens with zero attached hydrogens (tertiary/aromatic N) is 3.